The number of methoxy groups -OCH3 is 1. The van der Waals surface area contributed by atoms with Crippen molar-refractivity contribution in [3.8, 4) is 11.5 Å². The summed E-state index contributed by atoms with van der Waals surface area (Å²) in [5.74, 6) is -0.907. The Morgan fingerprint density at radius 2 is 1.80 bits per heavy atom. The lowest BCUT2D eigenvalue weighted by Gasteiger charge is -2.40. The molecule has 0 radical (unpaired) electrons. The van der Waals surface area contributed by atoms with Gasteiger partial charge in [-0.3, -0.25) is 19.7 Å². The summed E-state index contributed by atoms with van der Waals surface area (Å²) in [4.78, 5) is 38.7. The number of non-ortho nitro benzene ring substituents is 1. The van der Waals surface area contributed by atoms with Gasteiger partial charge < -0.3 is 14.4 Å². The summed E-state index contributed by atoms with van der Waals surface area (Å²) in [6, 6.07) is 17.7. The molecule has 1 heterocycles. The molecular formula is C26H23ClN2O6. The van der Waals surface area contributed by atoms with E-state index in [1.54, 1.807) is 11.0 Å². The van der Waals surface area contributed by atoms with Gasteiger partial charge in [0, 0.05) is 29.8 Å². The molecule has 1 aliphatic rings. The van der Waals surface area contributed by atoms with Gasteiger partial charge in [-0.25, -0.2) is 0 Å². The van der Waals surface area contributed by atoms with Crippen molar-refractivity contribution in [2.45, 2.75) is 25.8 Å². The zero-order valence-corrected chi connectivity index (χ0v) is 19.9. The molecule has 1 fully saturated rings. The summed E-state index contributed by atoms with van der Waals surface area (Å²) in [5.41, 5.74) is 2.15. The first kappa shape index (κ1) is 24.2. The number of hydrogen-bond donors (Lipinski definition) is 0. The fraction of sp³-hybridized carbons (Fsp3) is 0.231. The van der Waals surface area contributed by atoms with Gasteiger partial charge in [0.1, 0.15) is 11.5 Å². The molecule has 8 nitrogen and oxygen atoms in total. The molecule has 0 spiro atoms. The zero-order chi connectivity index (χ0) is 25.1. The van der Waals surface area contributed by atoms with Crippen LogP contribution >= 0.6 is 11.6 Å². The van der Waals surface area contributed by atoms with E-state index in [9.17, 15) is 19.7 Å². The number of nitro benzene ring substituents is 1. The lowest BCUT2D eigenvalue weighted by atomic mass is 9.83. The number of piperidine rings is 1. The van der Waals surface area contributed by atoms with Gasteiger partial charge >= 0.3 is 5.97 Å². The first-order chi connectivity index (χ1) is 16.8. The highest BCUT2D eigenvalue weighted by molar-refractivity contribution is 6.32. The van der Waals surface area contributed by atoms with Crippen LogP contribution < -0.4 is 14.4 Å². The summed E-state index contributed by atoms with van der Waals surface area (Å²) in [7, 11) is 1.53. The number of nitro groups is 1. The molecule has 3 aromatic carbocycles. The number of aryl methyl sites for hydroxylation is 1. The number of amides is 1. The molecule has 4 rings (SSSR count). The molecule has 9 heteroatoms. The maximum atomic E-state index is 13.5. The minimum atomic E-state index is -0.739. The second-order valence-electron chi connectivity index (χ2n) is 8.22. The number of esters is 1. The number of nitrogens with zero attached hydrogens (tertiary/aromatic N) is 2. The van der Waals surface area contributed by atoms with Crippen LogP contribution in [0.1, 0.15) is 30.0 Å². The maximum absolute atomic E-state index is 13.5. The monoisotopic (exact) mass is 494 g/mol. The largest absolute Gasteiger partial charge is 0.496 e. The molecule has 0 saturated carbocycles. The highest BCUT2D eigenvalue weighted by atomic mass is 35.5. The SMILES string of the molecule is COc1ccccc1C1C(C(=O)Oc2ccc([N+](=O)[O-])cc2Cl)CCC(=O)N1c1ccc(C)cc1. The van der Waals surface area contributed by atoms with Crippen molar-refractivity contribution in [1.82, 2.24) is 0 Å². The van der Waals surface area contributed by atoms with Crippen molar-refractivity contribution >= 4 is 34.9 Å². The van der Waals surface area contributed by atoms with Crippen LogP contribution in [0.5, 0.6) is 11.5 Å². The van der Waals surface area contributed by atoms with Crippen LogP contribution in [0.4, 0.5) is 11.4 Å². The minimum Gasteiger partial charge on any atom is -0.496 e. The van der Waals surface area contributed by atoms with Gasteiger partial charge in [-0.15, -0.1) is 0 Å². The van der Waals surface area contributed by atoms with Gasteiger partial charge in [-0.05, 0) is 37.6 Å². The number of carbonyl (C=O) groups excluding carboxylic acids is 2. The van der Waals surface area contributed by atoms with Crippen LogP contribution in [0.2, 0.25) is 5.02 Å². The van der Waals surface area contributed by atoms with Crippen molar-refractivity contribution < 1.29 is 24.0 Å². The molecule has 2 unspecified atom stereocenters. The Hall–Kier alpha value is -3.91. The van der Waals surface area contributed by atoms with E-state index in [-0.39, 0.29) is 35.2 Å². The topological polar surface area (TPSA) is 99.0 Å². The smallest absolute Gasteiger partial charge is 0.316 e. The second kappa shape index (κ2) is 10.1. The van der Waals surface area contributed by atoms with Crippen LogP contribution in [0, 0.1) is 23.0 Å². The fourth-order valence-corrected chi connectivity index (χ4v) is 4.50. The molecule has 0 aromatic heterocycles. The second-order valence-corrected chi connectivity index (χ2v) is 8.63. The molecule has 1 amide bonds. The van der Waals surface area contributed by atoms with Gasteiger partial charge in [0.25, 0.3) is 5.69 Å². The molecule has 3 aromatic rings. The average Bonchev–Trinajstić information content (AvgIpc) is 2.85. The maximum Gasteiger partial charge on any atom is 0.316 e. The molecule has 35 heavy (non-hydrogen) atoms. The van der Waals surface area contributed by atoms with Crippen LogP contribution in [0.3, 0.4) is 0 Å². The highest BCUT2D eigenvalue weighted by Crippen LogP contribution is 2.44. The van der Waals surface area contributed by atoms with Crippen LogP contribution in [0.15, 0.2) is 66.7 Å². The fourth-order valence-electron chi connectivity index (χ4n) is 4.29. The average molecular weight is 495 g/mol. The van der Waals surface area contributed by atoms with E-state index in [1.807, 2.05) is 49.4 Å². The quantitative estimate of drug-likeness (QED) is 0.190. The summed E-state index contributed by atoms with van der Waals surface area (Å²) in [6.45, 7) is 1.95. The third-order valence-corrected chi connectivity index (χ3v) is 6.30. The number of halogens is 1. The Kier molecular flexibility index (Phi) is 7.02. The van der Waals surface area contributed by atoms with Crippen molar-refractivity contribution in [1.29, 1.82) is 0 Å². The number of ether oxygens (including phenoxy) is 2. The molecule has 0 bridgehead atoms. The number of benzene rings is 3. The number of carbonyl (C=O) groups is 2. The number of rotatable bonds is 6. The van der Waals surface area contributed by atoms with E-state index in [0.29, 0.717) is 17.0 Å². The Labute approximate surface area is 207 Å². The zero-order valence-electron chi connectivity index (χ0n) is 19.1. The van der Waals surface area contributed by atoms with Crippen molar-refractivity contribution in [3.05, 3.63) is 93.0 Å². The summed E-state index contributed by atoms with van der Waals surface area (Å²) >= 11 is 6.15. The third-order valence-electron chi connectivity index (χ3n) is 6.01. The van der Waals surface area contributed by atoms with E-state index < -0.39 is 22.9 Å². The van der Waals surface area contributed by atoms with E-state index in [4.69, 9.17) is 21.1 Å². The minimum absolute atomic E-state index is 0.0137. The lowest BCUT2D eigenvalue weighted by molar-refractivity contribution is -0.384. The molecule has 1 saturated heterocycles. The van der Waals surface area contributed by atoms with Gasteiger partial charge in [0.05, 0.1) is 29.0 Å². The first-order valence-corrected chi connectivity index (χ1v) is 11.3. The normalized spacial score (nSPS) is 17.7. The van der Waals surface area contributed by atoms with Gasteiger partial charge in [-0.2, -0.15) is 0 Å². The first-order valence-electron chi connectivity index (χ1n) is 11.0. The van der Waals surface area contributed by atoms with Crippen molar-refractivity contribution in [2.24, 2.45) is 5.92 Å². The Balaban J connectivity index is 1.75. The number of para-hydroxylation sites is 1. The van der Waals surface area contributed by atoms with Crippen molar-refractivity contribution in [3.63, 3.8) is 0 Å². The van der Waals surface area contributed by atoms with Crippen LogP contribution in [-0.2, 0) is 9.59 Å². The predicted octanol–water partition coefficient (Wildman–Crippen LogP) is 5.66. The van der Waals surface area contributed by atoms with Crippen molar-refractivity contribution in [2.75, 3.05) is 12.0 Å². The molecule has 180 valence electrons. The Morgan fingerprint density at radius 1 is 1.09 bits per heavy atom. The van der Waals surface area contributed by atoms with E-state index >= 15 is 0 Å². The number of hydrogen-bond acceptors (Lipinski definition) is 6. The molecular weight excluding hydrogens is 472 g/mol. The van der Waals surface area contributed by atoms with Crippen LogP contribution in [-0.4, -0.2) is 23.9 Å². The molecule has 0 aliphatic carbocycles. The van der Waals surface area contributed by atoms with Gasteiger partial charge in [0.15, 0.2) is 0 Å². The summed E-state index contributed by atoms with van der Waals surface area (Å²) in [5, 5.41) is 11.0. The highest BCUT2D eigenvalue weighted by Gasteiger charge is 2.43. The van der Waals surface area contributed by atoms with E-state index in [2.05, 4.69) is 0 Å². The Bertz CT molecular complexity index is 1280. The van der Waals surface area contributed by atoms with E-state index in [0.717, 1.165) is 11.6 Å². The van der Waals surface area contributed by atoms with E-state index in [1.165, 1.54) is 19.2 Å². The predicted molar refractivity (Wildman–Crippen MR) is 131 cm³/mol. The Morgan fingerprint density at radius 3 is 2.46 bits per heavy atom. The number of anilines is 1. The molecule has 2 atom stereocenters. The van der Waals surface area contributed by atoms with Crippen LogP contribution in [0.25, 0.3) is 0 Å². The standard InChI is InChI=1S/C26H23ClN2O6/c1-16-7-9-17(10-8-16)28-24(30)14-12-20(25(28)19-5-3-4-6-22(19)34-2)26(31)35-23-13-11-18(29(32)33)15-21(23)27/h3-11,13,15,20,25H,12,14H2,1-2H3. The molecule has 0 N–H and O–H groups in total. The van der Waals surface area contributed by atoms with Gasteiger partial charge in [-0.1, -0.05) is 47.5 Å². The summed E-state index contributed by atoms with van der Waals surface area (Å²) in [6.07, 6.45) is 0.403. The lowest BCUT2D eigenvalue weighted by Crippen LogP contribution is -2.46. The third kappa shape index (κ3) is 4.97. The molecule has 1 aliphatic heterocycles. The van der Waals surface area contributed by atoms with Gasteiger partial charge in [0.2, 0.25) is 5.91 Å². The summed E-state index contributed by atoms with van der Waals surface area (Å²) < 4.78 is 11.2.